The van der Waals surface area contributed by atoms with E-state index in [-0.39, 0.29) is 5.60 Å². The van der Waals surface area contributed by atoms with E-state index in [1.165, 1.54) is 70.6 Å². The molecule has 2 N–H and O–H groups in total. The predicted molar refractivity (Wildman–Crippen MR) is 99.4 cm³/mol. The molecular weight excluding hydrogens is 302 g/mol. The maximum absolute atomic E-state index is 9.00. The molecule has 0 amide bonds. The van der Waals surface area contributed by atoms with Crippen LogP contribution in [0.25, 0.3) is 0 Å². The zero-order valence-corrected chi connectivity index (χ0v) is 16.1. The molecule has 2 atom stereocenters. The molecule has 24 heavy (non-hydrogen) atoms. The molecule has 0 aromatic carbocycles. The highest BCUT2D eigenvalue weighted by atomic mass is 16.5. The van der Waals surface area contributed by atoms with Crippen molar-refractivity contribution in [2.75, 3.05) is 13.1 Å². The Labute approximate surface area is 148 Å². The summed E-state index contributed by atoms with van der Waals surface area (Å²) >= 11 is 0. The maximum Gasteiger partial charge on any atom is 0.300 e. The average molecular weight is 342 g/mol. The van der Waals surface area contributed by atoms with Crippen LogP contribution in [0.1, 0.15) is 91.4 Å². The molecule has 1 saturated carbocycles. The molecule has 142 valence electrons. The number of carboxylic acid groups (broad SMARTS) is 1. The minimum absolute atomic E-state index is 0.0712. The van der Waals surface area contributed by atoms with Gasteiger partial charge >= 0.3 is 0 Å². The second kappa shape index (κ2) is 11.9. The minimum Gasteiger partial charge on any atom is -0.481 e. The maximum atomic E-state index is 9.00. The first-order valence-corrected chi connectivity index (χ1v) is 10.0. The van der Waals surface area contributed by atoms with Gasteiger partial charge < -0.3 is 15.2 Å². The topological polar surface area (TPSA) is 58.6 Å². The van der Waals surface area contributed by atoms with Gasteiger partial charge in [-0.3, -0.25) is 4.79 Å². The second-order valence-corrected chi connectivity index (χ2v) is 7.85. The van der Waals surface area contributed by atoms with Gasteiger partial charge in [-0.25, -0.2) is 0 Å². The highest BCUT2D eigenvalue weighted by Crippen LogP contribution is 2.34. The van der Waals surface area contributed by atoms with Gasteiger partial charge in [0.05, 0.1) is 11.7 Å². The van der Waals surface area contributed by atoms with Gasteiger partial charge in [-0.2, -0.15) is 0 Å². The van der Waals surface area contributed by atoms with Crippen LogP contribution in [0.5, 0.6) is 0 Å². The number of carbonyl (C=O) groups is 1. The van der Waals surface area contributed by atoms with E-state index in [1.54, 1.807) is 0 Å². The second-order valence-electron chi connectivity index (χ2n) is 7.85. The smallest absolute Gasteiger partial charge is 0.300 e. The van der Waals surface area contributed by atoms with Crippen molar-refractivity contribution in [2.45, 2.75) is 103 Å². The quantitative estimate of drug-likeness (QED) is 0.721. The molecule has 0 aromatic rings. The van der Waals surface area contributed by atoms with Crippen LogP contribution in [-0.4, -0.2) is 35.9 Å². The largest absolute Gasteiger partial charge is 0.481 e. The molecule has 2 rings (SSSR count). The summed E-state index contributed by atoms with van der Waals surface area (Å²) in [5, 5.41) is 11.0. The highest BCUT2D eigenvalue weighted by Gasteiger charge is 2.38. The van der Waals surface area contributed by atoms with Gasteiger partial charge in [-0.15, -0.1) is 0 Å². The number of morpholine rings is 1. The SMILES string of the molecule is CC(=O)O.CC1CNCC(C)(C2CCCCCCCCCCC2)O1. The summed E-state index contributed by atoms with van der Waals surface area (Å²) in [6, 6.07) is 0. The molecule has 0 spiro atoms. The first-order valence-electron chi connectivity index (χ1n) is 10.0. The van der Waals surface area contributed by atoms with Crippen LogP contribution in [0.2, 0.25) is 0 Å². The zero-order valence-electron chi connectivity index (χ0n) is 16.1. The molecule has 2 fully saturated rings. The molecule has 2 aliphatic rings. The van der Waals surface area contributed by atoms with Crippen molar-refractivity contribution in [3.8, 4) is 0 Å². The summed E-state index contributed by atoms with van der Waals surface area (Å²) in [4.78, 5) is 9.00. The van der Waals surface area contributed by atoms with E-state index in [0.29, 0.717) is 6.10 Å². The van der Waals surface area contributed by atoms with Gasteiger partial charge in [0.25, 0.3) is 5.97 Å². The number of aliphatic carboxylic acids is 1. The molecule has 1 aliphatic carbocycles. The average Bonchev–Trinajstić information content (AvgIpc) is 2.46. The van der Waals surface area contributed by atoms with E-state index in [9.17, 15) is 0 Å². The van der Waals surface area contributed by atoms with Crippen LogP contribution in [0, 0.1) is 5.92 Å². The number of hydrogen-bond acceptors (Lipinski definition) is 3. The monoisotopic (exact) mass is 341 g/mol. The number of nitrogens with one attached hydrogen (secondary N) is 1. The summed E-state index contributed by atoms with van der Waals surface area (Å²) in [6.07, 6.45) is 16.0. The summed E-state index contributed by atoms with van der Waals surface area (Å²) < 4.78 is 6.38. The third-order valence-electron chi connectivity index (χ3n) is 5.35. The molecule has 4 nitrogen and oxygen atoms in total. The van der Waals surface area contributed by atoms with Crippen molar-refractivity contribution in [1.29, 1.82) is 0 Å². The molecule has 0 radical (unpaired) electrons. The first-order chi connectivity index (χ1) is 11.4. The zero-order chi connectivity index (χ0) is 17.8. The Morgan fingerprint density at radius 2 is 1.42 bits per heavy atom. The fraction of sp³-hybridized carbons (Fsp3) is 0.950. The first kappa shape index (κ1) is 21.4. The van der Waals surface area contributed by atoms with E-state index in [4.69, 9.17) is 14.6 Å². The number of ether oxygens (including phenoxy) is 1. The van der Waals surface area contributed by atoms with Gasteiger partial charge in [-0.05, 0) is 32.6 Å². The van der Waals surface area contributed by atoms with E-state index >= 15 is 0 Å². The van der Waals surface area contributed by atoms with Crippen molar-refractivity contribution in [3.63, 3.8) is 0 Å². The van der Waals surface area contributed by atoms with Crippen molar-refractivity contribution >= 4 is 5.97 Å². The summed E-state index contributed by atoms with van der Waals surface area (Å²) in [5.74, 6) is -0.0859. The molecule has 0 aromatic heterocycles. The minimum atomic E-state index is -0.833. The Morgan fingerprint density at radius 1 is 1.00 bits per heavy atom. The molecular formula is C20H39NO3. The molecule has 1 heterocycles. The lowest BCUT2D eigenvalue weighted by Gasteiger charge is -2.44. The van der Waals surface area contributed by atoms with Gasteiger partial charge in [0, 0.05) is 20.0 Å². The van der Waals surface area contributed by atoms with Crippen LogP contribution in [0.3, 0.4) is 0 Å². The van der Waals surface area contributed by atoms with Gasteiger partial charge in [0.15, 0.2) is 0 Å². The normalized spacial score (nSPS) is 31.0. The summed E-state index contributed by atoms with van der Waals surface area (Å²) in [6.45, 7) is 7.70. The van der Waals surface area contributed by atoms with E-state index in [1.807, 2.05) is 0 Å². The standard InChI is InChI=1S/C18H35NO.C2H4O2/c1-16-14-19-15-18(2,20-16)17-12-10-8-6-4-3-5-7-9-11-13-17;1-2(3)4/h16-17,19H,3-15H2,1-2H3;1H3,(H,3,4). The van der Waals surface area contributed by atoms with Crippen LogP contribution in [0.4, 0.5) is 0 Å². The number of hydrogen-bond donors (Lipinski definition) is 2. The lowest BCUT2D eigenvalue weighted by molar-refractivity contribution is -0.134. The van der Waals surface area contributed by atoms with E-state index < -0.39 is 5.97 Å². The Bertz CT molecular complexity index is 332. The Balaban J connectivity index is 0.000000648. The summed E-state index contributed by atoms with van der Waals surface area (Å²) in [5.41, 5.74) is 0.0712. The fourth-order valence-electron chi connectivity index (χ4n) is 4.08. The van der Waals surface area contributed by atoms with Gasteiger partial charge in [0.2, 0.25) is 0 Å². The Kier molecular flexibility index (Phi) is 10.6. The molecule has 0 bridgehead atoms. The van der Waals surface area contributed by atoms with Crippen LogP contribution in [-0.2, 0) is 9.53 Å². The summed E-state index contributed by atoms with van der Waals surface area (Å²) in [7, 11) is 0. The van der Waals surface area contributed by atoms with Crippen molar-refractivity contribution in [2.24, 2.45) is 5.92 Å². The van der Waals surface area contributed by atoms with Crippen LogP contribution in [0.15, 0.2) is 0 Å². The van der Waals surface area contributed by atoms with Crippen LogP contribution < -0.4 is 5.32 Å². The van der Waals surface area contributed by atoms with Crippen molar-refractivity contribution < 1.29 is 14.6 Å². The molecule has 1 saturated heterocycles. The van der Waals surface area contributed by atoms with E-state index in [0.717, 1.165) is 25.9 Å². The lowest BCUT2D eigenvalue weighted by Crippen LogP contribution is -2.55. The molecule has 4 heteroatoms. The Hall–Kier alpha value is -0.610. The fourth-order valence-corrected chi connectivity index (χ4v) is 4.08. The molecule has 2 unspecified atom stereocenters. The molecule has 1 aliphatic heterocycles. The third-order valence-corrected chi connectivity index (χ3v) is 5.35. The third kappa shape index (κ3) is 9.03. The van der Waals surface area contributed by atoms with E-state index in [2.05, 4.69) is 19.2 Å². The van der Waals surface area contributed by atoms with Crippen molar-refractivity contribution in [1.82, 2.24) is 5.32 Å². The Morgan fingerprint density at radius 3 is 1.83 bits per heavy atom. The number of rotatable bonds is 1. The number of carboxylic acids is 1. The van der Waals surface area contributed by atoms with Crippen LogP contribution >= 0.6 is 0 Å². The lowest BCUT2D eigenvalue weighted by atomic mass is 9.79. The van der Waals surface area contributed by atoms with Gasteiger partial charge in [0.1, 0.15) is 0 Å². The van der Waals surface area contributed by atoms with Gasteiger partial charge in [-0.1, -0.05) is 57.8 Å². The predicted octanol–water partition coefficient (Wildman–Crippen LogP) is 4.77. The van der Waals surface area contributed by atoms with Crippen molar-refractivity contribution in [3.05, 3.63) is 0 Å². The highest BCUT2D eigenvalue weighted by molar-refractivity contribution is 5.62.